The van der Waals surface area contributed by atoms with Crippen LogP contribution >= 0.6 is 0 Å². The van der Waals surface area contributed by atoms with Gasteiger partial charge in [-0.05, 0) is 37.7 Å². The van der Waals surface area contributed by atoms with E-state index in [2.05, 4.69) is 12.2 Å². The van der Waals surface area contributed by atoms with Crippen LogP contribution in [-0.2, 0) is 0 Å². The van der Waals surface area contributed by atoms with Gasteiger partial charge in [-0.1, -0.05) is 11.6 Å². The number of nitrogens with two attached hydrogens (primary N) is 1. The Bertz CT molecular complexity index is 201. The van der Waals surface area contributed by atoms with Crippen molar-refractivity contribution in [3.05, 3.63) is 23.4 Å². The first-order chi connectivity index (χ1) is 4.86. The predicted molar refractivity (Wildman–Crippen MR) is 42.3 cm³/mol. The zero-order valence-electron chi connectivity index (χ0n) is 6.14. The molecule has 0 aromatic rings. The number of fused-ring (bicyclic) bond motifs is 1. The van der Waals surface area contributed by atoms with Gasteiger partial charge >= 0.3 is 0 Å². The molecule has 0 spiro atoms. The molecule has 1 atom stereocenters. The van der Waals surface area contributed by atoms with Crippen LogP contribution in [-0.4, -0.2) is 0 Å². The fraction of sp³-hybridized carbons (Fsp3) is 0.556. The minimum absolute atomic E-state index is 0.810. The van der Waals surface area contributed by atoms with Crippen molar-refractivity contribution in [1.82, 2.24) is 0 Å². The molecule has 2 rings (SSSR count). The number of allylic oxidation sites excluding steroid dienone is 4. The lowest BCUT2D eigenvalue weighted by atomic mass is 9.93. The van der Waals surface area contributed by atoms with E-state index in [1.54, 1.807) is 5.57 Å². The van der Waals surface area contributed by atoms with Gasteiger partial charge in [-0.3, -0.25) is 0 Å². The van der Waals surface area contributed by atoms with Gasteiger partial charge in [0.05, 0.1) is 0 Å². The summed E-state index contributed by atoms with van der Waals surface area (Å²) in [7, 11) is 0. The van der Waals surface area contributed by atoms with Crippen molar-refractivity contribution in [1.29, 1.82) is 0 Å². The first-order valence-corrected chi connectivity index (χ1v) is 4.01. The van der Waals surface area contributed by atoms with Gasteiger partial charge in [0.1, 0.15) is 0 Å². The topological polar surface area (TPSA) is 26.0 Å². The monoisotopic (exact) mass is 135 g/mol. The second-order valence-corrected chi connectivity index (χ2v) is 3.28. The van der Waals surface area contributed by atoms with E-state index < -0.39 is 0 Å². The van der Waals surface area contributed by atoms with Gasteiger partial charge in [-0.25, -0.2) is 0 Å². The molecule has 0 bridgehead atoms. The summed E-state index contributed by atoms with van der Waals surface area (Å²) in [4.78, 5) is 0. The summed E-state index contributed by atoms with van der Waals surface area (Å²) in [5.41, 5.74) is 8.41. The van der Waals surface area contributed by atoms with Crippen LogP contribution in [0.15, 0.2) is 23.4 Å². The molecule has 1 heteroatoms. The molecule has 1 nitrogen and oxygen atoms in total. The number of hydrogen-bond acceptors (Lipinski definition) is 1. The Morgan fingerprint density at radius 2 is 2.30 bits per heavy atom. The number of hydrogen-bond donors (Lipinski definition) is 1. The fourth-order valence-electron chi connectivity index (χ4n) is 1.96. The predicted octanol–water partition coefficient (Wildman–Crippen LogP) is 1.96. The van der Waals surface area contributed by atoms with Crippen LogP contribution in [0.25, 0.3) is 0 Å². The molecule has 1 unspecified atom stereocenters. The van der Waals surface area contributed by atoms with E-state index in [9.17, 15) is 0 Å². The quantitative estimate of drug-likeness (QED) is 0.540. The second-order valence-electron chi connectivity index (χ2n) is 3.28. The highest BCUT2D eigenvalue weighted by molar-refractivity contribution is 5.26. The minimum Gasteiger partial charge on any atom is -0.402 e. The molecule has 0 heterocycles. The van der Waals surface area contributed by atoms with Crippen LogP contribution in [0.2, 0.25) is 0 Å². The maximum absolute atomic E-state index is 5.71. The minimum atomic E-state index is 0.810. The van der Waals surface area contributed by atoms with E-state index in [1.807, 2.05) is 0 Å². The van der Waals surface area contributed by atoms with Crippen LogP contribution in [0.5, 0.6) is 0 Å². The molecule has 2 N–H and O–H groups in total. The van der Waals surface area contributed by atoms with Gasteiger partial charge in [0.2, 0.25) is 0 Å². The third-order valence-electron chi connectivity index (χ3n) is 2.54. The second kappa shape index (κ2) is 2.15. The van der Waals surface area contributed by atoms with E-state index in [1.165, 1.54) is 19.3 Å². The van der Waals surface area contributed by atoms with Crippen LogP contribution in [0.4, 0.5) is 0 Å². The normalized spacial score (nSPS) is 31.0. The molecule has 0 aromatic heterocycles. The van der Waals surface area contributed by atoms with Gasteiger partial charge in [-0.15, -0.1) is 0 Å². The highest BCUT2D eigenvalue weighted by Gasteiger charge is 2.22. The summed E-state index contributed by atoms with van der Waals surface area (Å²) < 4.78 is 0. The van der Waals surface area contributed by atoms with E-state index >= 15 is 0 Å². The largest absolute Gasteiger partial charge is 0.402 e. The van der Waals surface area contributed by atoms with Crippen LogP contribution < -0.4 is 5.73 Å². The molecule has 54 valence electrons. The molecule has 0 radical (unpaired) electrons. The maximum Gasteiger partial charge on any atom is 0.00864 e. The van der Waals surface area contributed by atoms with Crippen LogP contribution in [0.3, 0.4) is 0 Å². The van der Waals surface area contributed by atoms with E-state index in [-0.39, 0.29) is 0 Å². The van der Waals surface area contributed by atoms with Gasteiger partial charge in [0.25, 0.3) is 0 Å². The molecular weight excluding hydrogens is 122 g/mol. The van der Waals surface area contributed by atoms with Crippen molar-refractivity contribution in [2.75, 3.05) is 0 Å². The summed E-state index contributed by atoms with van der Waals surface area (Å²) in [6.45, 7) is 0. The lowest BCUT2D eigenvalue weighted by molar-refractivity contribution is 0.610. The first kappa shape index (κ1) is 6.02. The Balaban J connectivity index is 2.22. The average molecular weight is 135 g/mol. The van der Waals surface area contributed by atoms with Crippen molar-refractivity contribution >= 4 is 0 Å². The molecular formula is C9H13N. The molecule has 1 saturated carbocycles. The molecule has 0 aromatic carbocycles. The van der Waals surface area contributed by atoms with Crippen LogP contribution in [0.1, 0.15) is 25.7 Å². The summed E-state index contributed by atoms with van der Waals surface area (Å²) in [6, 6.07) is 0. The molecule has 2 aliphatic rings. The lowest BCUT2D eigenvalue weighted by Crippen LogP contribution is -2.08. The van der Waals surface area contributed by atoms with Gasteiger partial charge in [0, 0.05) is 5.70 Å². The SMILES string of the molecule is NC1=CC=C2CCCC2C1. The molecule has 2 aliphatic carbocycles. The highest BCUT2D eigenvalue weighted by atomic mass is 14.6. The van der Waals surface area contributed by atoms with Crippen molar-refractivity contribution in [2.24, 2.45) is 11.7 Å². The summed E-state index contributed by atoms with van der Waals surface area (Å²) in [6.07, 6.45) is 9.45. The summed E-state index contributed by atoms with van der Waals surface area (Å²) in [5, 5.41) is 0. The van der Waals surface area contributed by atoms with Crippen molar-refractivity contribution in [3.63, 3.8) is 0 Å². The average Bonchev–Trinajstić information content (AvgIpc) is 2.33. The molecule has 1 fully saturated rings. The first-order valence-electron chi connectivity index (χ1n) is 4.01. The zero-order valence-corrected chi connectivity index (χ0v) is 6.14. The molecule has 0 aliphatic heterocycles. The van der Waals surface area contributed by atoms with Crippen molar-refractivity contribution in [3.8, 4) is 0 Å². The Hall–Kier alpha value is -0.720. The van der Waals surface area contributed by atoms with Crippen molar-refractivity contribution < 1.29 is 0 Å². The van der Waals surface area contributed by atoms with E-state index in [0.717, 1.165) is 18.0 Å². The van der Waals surface area contributed by atoms with Crippen molar-refractivity contribution in [2.45, 2.75) is 25.7 Å². The number of rotatable bonds is 0. The molecule has 10 heavy (non-hydrogen) atoms. The highest BCUT2D eigenvalue weighted by Crippen LogP contribution is 2.36. The standard InChI is InChI=1S/C9H13N/c10-9-5-4-7-2-1-3-8(7)6-9/h4-5,8H,1-3,6,10H2. The smallest absolute Gasteiger partial charge is 0.00864 e. The Kier molecular flexibility index (Phi) is 1.30. The Labute approximate surface area is 61.6 Å². The zero-order chi connectivity index (χ0) is 6.97. The fourth-order valence-corrected chi connectivity index (χ4v) is 1.96. The maximum atomic E-state index is 5.71. The van der Waals surface area contributed by atoms with Gasteiger partial charge in [0.15, 0.2) is 0 Å². The summed E-state index contributed by atoms with van der Waals surface area (Å²) >= 11 is 0. The third-order valence-corrected chi connectivity index (χ3v) is 2.54. The lowest BCUT2D eigenvalue weighted by Gasteiger charge is -2.15. The van der Waals surface area contributed by atoms with Gasteiger partial charge < -0.3 is 5.73 Å². The van der Waals surface area contributed by atoms with Crippen LogP contribution in [0, 0.1) is 5.92 Å². The third kappa shape index (κ3) is 0.859. The molecule has 0 saturated heterocycles. The van der Waals surface area contributed by atoms with E-state index in [0.29, 0.717) is 0 Å². The summed E-state index contributed by atoms with van der Waals surface area (Å²) in [5.74, 6) is 0.810. The molecule has 0 amide bonds. The Morgan fingerprint density at radius 3 is 3.20 bits per heavy atom. The van der Waals surface area contributed by atoms with E-state index in [4.69, 9.17) is 5.73 Å². The van der Waals surface area contributed by atoms with Gasteiger partial charge in [-0.2, -0.15) is 0 Å². The Morgan fingerprint density at radius 1 is 1.40 bits per heavy atom.